The summed E-state index contributed by atoms with van der Waals surface area (Å²) in [6, 6.07) is 7.83. The second kappa shape index (κ2) is 4.35. The van der Waals surface area contributed by atoms with Gasteiger partial charge in [-0.1, -0.05) is 6.07 Å². The minimum absolute atomic E-state index is 0.283. The molecule has 5 heteroatoms. The van der Waals surface area contributed by atoms with Gasteiger partial charge in [0.2, 0.25) is 0 Å². The van der Waals surface area contributed by atoms with Gasteiger partial charge in [0.1, 0.15) is 17.0 Å². The monoisotopic (exact) mass is 253 g/mol. The molecule has 3 rings (SSSR count). The molecule has 0 atom stereocenters. The fraction of sp³-hybridized carbons (Fsp3) is 0.214. The van der Waals surface area contributed by atoms with E-state index in [0.717, 1.165) is 22.6 Å². The average Bonchev–Trinajstić information content (AvgIpc) is 2.78. The topological polar surface area (TPSA) is 69.6 Å². The summed E-state index contributed by atoms with van der Waals surface area (Å²) in [5, 5.41) is 0. The van der Waals surface area contributed by atoms with E-state index in [-0.39, 0.29) is 6.04 Å². The molecule has 0 bridgehead atoms. The molecule has 0 unspecified atom stereocenters. The quantitative estimate of drug-likeness (QED) is 0.762. The second-order valence-corrected chi connectivity index (χ2v) is 4.71. The molecule has 0 radical (unpaired) electrons. The molecule has 0 saturated carbocycles. The van der Waals surface area contributed by atoms with E-state index < -0.39 is 0 Å². The van der Waals surface area contributed by atoms with Crippen molar-refractivity contribution in [2.24, 2.45) is 0 Å². The molecule has 0 fully saturated rings. The molecule has 3 aromatic rings. The molecule has 0 saturated heterocycles. The van der Waals surface area contributed by atoms with Crippen molar-refractivity contribution in [3.63, 3.8) is 0 Å². The van der Waals surface area contributed by atoms with E-state index in [4.69, 9.17) is 5.73 Å². The highest BCUT2D eigenvalue weighted by Gasteiger charge is 2.15. The van der Waals surface area contributed by atoms with Crippen molar-refractivity contribution >= 4 is 16.9 Å². The highest BCUT2D eigenvalue weighted by Crippen LogP contribution is 2.26. The zero-order valence-corrected chi connectivity index (χ0v) is 10.9. The van der Waals surface area contributed by atoms with Gasteiger partial charge in [-0.3, -0.25) is 4.98 Å². The number of aromatic nitrogens is 4. The molecule has 19 heavy (non-hydrogen) atoms. The number of hydrogen-bond donors (Lipinski definition) is 1. The van der Waals surface area contributed by atoms with E-state index in [9.17, 15) is 0 Å². The van der Waals surface area contributed by atoms with Gasteiger partial charge in [-0.15, -0.1) is 0 Å². The fourth-order valence-electron chi connectivity index (χ4n) is 2.23. The van der Waals surface area contributed by atoms with Crippen LogP contribution in [0.5, 0.6) is 0 Å². The summed E-state index contributed by atoms with van der Waals surface area (Å²) < 4.78 is 2.15. The molecule has 0 aliphatic rings. The zero-order chi connectivity index (χ0) is 13.4. The number of fused-ring (bicyclic) bond motifs is 1. The third-order valence-electron chi connectivity index (χ3n) is 3.01. The Kier molecular flexibility index (Phi) is 2.67. The van der Waals surface area contributed by atoms with Crippen molar-refractivity contribution in [1.82, 2.24) is 19.5 Å². The Hall–Kier alpha value is -2.43. The summed E-state index contributed by atoms with van der Waals surface area (Å²) >= 11 is 0. The first kappa shape index (κ1) is 11.6. The molecule has 0 aliphatic heterocycles. The van der Waals surface area contributed by atoms with Gasteiger partial charge in [-0.2, -0.15) is 0 Å². The van der Waals surface area contributed by atoms with Gasteiger partial charge in [0.25, 0.3) is 0 Å². The van der Waals surface area contributed by atoms with Gasteiger partial charge in [-0.05, 0) is 32.0 Å². The van der Waals surface area contributed by atoms with Crippen molar-refractivity contribution in [3.8, 4) is 11.5 Å². The lowest BCUT2D eigenvalue weighted by Crippen LogP contribution is -2.04. The minimum Gasteiger partial charge on any atom is -0.384 e. The summed E-state index contributed by atoms with van der Waals surface area (Å²) in [5.74, 6) is 1.32. The van der Waals surface area contributed by atoms with Crippen LogP contribution in [-0.2, 0) is 0 Å². The van der Waals surface area contributed by atoms with E-state index in [0.29, 0.717) is 5.82 Å². The van der Waals surface area contributed by atoms with E-state index in [1.54, 1.807) is 18.5 Å². The SMILES string of the molecule is CC(C)n1c(-c2cccc(N)n2)nc2cnccc21. The number of anilines is 1. The van der Waals surface area contributed by atoms with Crippen molar-refractivity contribution < 1.29 is 0 Å². The minimum atomic E-state index is 0.283. The van der Waals surface area contributed by atoms with Gasteiger partial charge in [-0.25, -0.2) is 9.97 Å². The highest BCUT2D eigenvalue weighted by molar-refractivity contribution is 5.79. The first-order valence-corrected chi connectivity index (χ1v) is 6.21. The van der Waals surface area contributed by atoms with Gasteiger partial charge in [0.05, 0.1) is 11.7 Å². The molecule has 3 aromatic heterocycles. The Morgan fingerprint density at radius 3 is 2.74 bits per heavy atom. The van der Waals surface area contributed by atoms with Crippen molar-refractivity contribution in [2.45, 2.75) is 19.9 Å². The smallest absolute Gasteiger partial charge is 0.160 e. The Labute approximate surface area is 111 Å². The predicted octanol–water partition coefficient (Wildman–Crippen LogP) is 2.66. The maximum Gasteiger partial charge on any atom is 0.160 e. The first-order valence-electron chi connectivity index (χ1n) is 6.21. The Morgan fingerprint density at radius 2 is 2.00 bits per heavy atom. The van der Waals surface area contributed by atoms with Crippen LogP contribution in [0.4, 0.5) is 5.82 Å². The van der Waals surface area contributed by atoms with E-state index >= 15 is 0 Å². The number of nitrogens with zero attached hydrogens (tertiary/aromatic N) is 4. The number of rotatable bonds is 2. The normalized spacial score (nSPS) is 11.3. The fourth-order valence-corrected chi connectivity index (χ4v) is 2.23. The summed E-state index contributed by atoms with van der Waals surface area (Å²) in [6.45, 7) is 4.24. The number of nitrogen functional groups attached to an aromatic ring is 1. The first-order chi connectivity index (χ1) is 9.16. The maximum absolute atomic E-state index is 5.76. The summed E-state index contributed by atoms with van der Waals surface area (Å²) in [5.41, 5.74) is 8.47. The van der Waals surface area contributed by atoms with Gasteiger partial charge in [0.15, 0.2) is 5.82 Å². The van der Waals surface area contributed by atoms with Crippen LogP contribution in [0.3, 0.4) is 0 Å². The molecular weight excluding hydrogens is 238 g/mol. The number of pyridine rings is 2. The van der Waals surface area contributed by atoms with Crippen LogP contribution >= 0.6 is 0 Å². The molecule has 3 heterocycles. The highest BCUT2D eigenvalue weighted by atomic mass is 15.1. The second-order valence-electron chi connectivity index (χ2n) is 4.71. The number of nitrogens with two attached hydrogens (primary N) is 1. The summed E-state index contributed by atoms with van der Waals surface area (Å²) in [4.78, 5) is 13.1. The lowest BCUT2D eigenvalue weighted by molar-refractivity contribution is 0.623. The van der Waals surface area contributed by atoms with Crippen LogP contribution in [0.15, 0.2) is 36.7 Å². The van der Waals surface area contributed by atoms with Crippen LogP contribution in [-0.4, -0.2) is 19.5 Å². The van der Waals surface area contributed by atoms with E-state index in [1.807, 2.05) is 18.2 Å². The third-order valence-corrected chi connectivity index (χ3v) is 3.01. The van der Waals surface area contributed by atoms with Gasteiger partial charge >= 0.3 is 0 Å². The van der Waals surface area contributed by atoms with Crippen LogP contribution in [0, 0.1) is 0 Å². The average molecular weight is 253 g/mol. The molecule has 5 nitrogen and oxygen atoms in total. The molecule has 0 aromatic carbocycles. The lowest BCUT2D eigenvalue weighted by Gasteiger charge is -2.12. The zero-order valence-electron chi connectivity index (χ0n) is 10.9. The molecule has 0 amide bonds. The Balaban J connectivity index is 2.31. The van der Waals surface area contributed by atoms with Crippen LogP contribution < -0.4 is 5.73 Å². The molecular formula is C14H15N5. The van der Waals surface area contributed by atoms with Gasteiger partial charge < -0.3 is 10.3 Å². The van der Waals surface area contributed by atoms with Crippen molar-refractivity contribution in [3.05, 3.63) is 36.7 Å². The largest absolute Gasteiger partial charge is 0.384 e. The molecule has 0 spiro atoms. The predicted molar refractivity (Wildman–Crippen MR) is 75.6 cm³/mol. The van der Waals surface area contributed by atoms with Crippen molar-refractivity contribution in [1.29, 1.82) is 0 Å². The standard InChI is InChI=1S/C14H15N5/c1-9(2)19-12-6-7-16-8-11(12)18-14(19)10-4-3-5-13(15)17-10/h3-9H,1-2H3,(H2,15,17). The lowest BCUT2D eigenvalue weighted by atomic mass is 10.3. The van der Waals surface area contributed by atoms with Crippen LogP contribution in [0.2, 0.25) is 0 Å². The van der Waals surface area contributed by atoms with Gasteiger partial charge in [0, 0.05) is 12.2 Å². The maximum atomic E-state index is 5.76. The summed E-state index contributed by atoms with van der Waals surface area (Å²) in [6.07, 6.45) is 3.55. The van der Waals surface area contributed by atoms with Crippen LogP contribution in [0.1, 0.15) is 19.9 Å². The van der Waals surface area contributed by atoms with E-state index in [2.05, 4.69) is 33.4 Å². The Morgan fingerprint density at radius 1 is 1.16 bits per heavy atom. The number of hydrogen-bond acceptors (Lipinski definition) is 4. The van der Waals surface area contributed by atoms with E-state index in [1.165, 1.54) is 0 Å². The third kappa shape index (κ3) is 1.93. The molecule has 0 aliphatic carbocycles. The van der Waals surface area contributed by atoms with Crippen LogP contribution in [0.25, 0.3) is 22.6 Å². The molecule has 96 valence electrons. The Bertz CT molecular complexity index is 730. The molecule has 2 N–H and O–H groups in total. The summed E-state index contributed by atoms with van der Waals surface area (Å²) in [7, 11) is 0. The number of imidazole rings is 1. The van der Waals surface area contributed by atoms with Crippen molar-refractivity contribution in [2.75, 3.05) is 5.73 Å².